The summed E-state index contributed by atoms with van der Waals surface area (Å²) in [4.78, 5) is 6.73. The summed E-state index contributed by atoms with van der Waals surface area (Å²) >= 11 is 5.93. The van der Waals surface area contributed by atoms with E-state index in [1.807, 2.05) is 10.6 Å². The van der Waals surface area contributed by atoms with Gasteiger partial charge in [0.25, 0.3) is 0 Å². The molecule has 5 heteroatoms. The molecule has 3 nitrogen and oxygen atoms in total. The zero-order valence-electron chi connectivity index (χ0n) is 10.9. The summed E-state index contributed by atoms with van der Waals surface area (Å²) in [6, 6.07) is 5.70. The number of likely N-dealkylation sites (N-methyl/N-ethyl adjacent to an activating group) is 1. The highest BCUT2D eigenvalue weighted by atomic mass is 35.5. The van der Waals surface area contributed by atoms with E-state index >= 15 is 0 Å². The molecule has 1 fully saturated rings. The number of benzene rings is 1. The second kappa shape index (κ2) is 5.10. The number of fused-ring (bicyclic) bond motifs is 1. The van der Waals surface area contributed by atoms with E-state index in [2.05, 4.69) is 16.9 Å². The van der Waals surface area contributed by atoms with Gasteiger partial charge in [0.2, 0.25) is 0 Å². The highest BCUT2D eigenvalue weighted by molar-refractivity contribution is 6.16. The fourth-order valence-corrected chi connectivity index (χ4v) is 2.69. The molecule has 0 N–H and O–H groups in total. The van der Waals surface area contributed by atoms with Gasteiger partial charge in [-0.15, -0.1) is 11.6 Å². The minimum absolute atomic E-state index is 0.226. The Hall–Kier alpha value is -1.13. The largest absolute Gasteiger partial charge is 0.323 e. The number of hydrogen-bond donors (Lipinski definition) is 0. The molecule has 0 atom stereocenters. The first-order valence-corrected chi connectivity index (χ1v) is 7.14. The molecule has 1 saturated carbocycles. The zero-order valence-corrected chi connectivity index (χ0v) is 11.7. The van der Waals surface area contributed by atoms with Gasteiger partial charge >= 0.3 is 0 Å². The smallest absolute Gasteiger partial charge is 0.149 e. The van der Waals surface area contributed by atoms with Crippen molar-refractivity contribution in [2.45, 2.75) is 31.3 Å². The Morgan fingerprint density at radius 1 is 1.47 bits per heavy atom. The van der Waals surface area contributed by atoms with Gasteiger partial charge in [0.05, 0.1) is 11.4 Å². The van der Waals surface area contributed by atoms with Crippen molar-refractivity contribution in [1.82, 2.24) is 14.5 Å². The topological polar surface area (TPSA) is 21.1 Å². The molecule has 1 aromatic heterocycles. The lowest BCUT2D eigenvalue weighted by Gasteiger charge is -2.17. The van der Waals surface area contributed by atoms with Crippen molar-refractivity contribution in [3.8, 4) is 0 Å². The molecule has 1 heterocycles. The van der Waals surface area contributed by atoms with Crippen LogP contribution in [0.1, 0.15) is 18.7 Å². The van der Waals surface area contributed by atoms with E-state index in [1.165, 1.54) is 18.9 Å². The molecule has 1 aromatic carbocycles. The highest BCUT2D eigenvalue weighted by Gasteiger charge is 2.26. The van der Waals surface area contributed by atoms with Crippen LogP contribution in [0.3, 0.4) is 0 Å². The molecular formula is C14H17ClFN3. The van der Waals surface area contributed by atoms with Crippen molar-refractivity contribution in [2.24, 2.45) is 0 Å². The standard InChI is InChI=1S/C14H17ClFN3/c1-18(10-5-6-10)7-8-19-13(9-15)17-12-4-2-3-11(16)14(12)19/h2-4,10H,5-9H2,1H3. The first-order chi connectivity index (χ1) is 9.20. The molecule has 1 aliphatic carbocycles. The van der Waals surface area contributed by atoms with E-state index < -0.39 is 0 Å². The summed E-state index contributed by atoms with van der Waals surface area (Å²) in [5, 5.41) is 0. The van der Waals surface area contributed by atoms with Gasteiger partial charge in [-0.25, -0.2) is 9.37 Å². The molecule has 3 rings (SSSR count). The third-order valence-electron chi connectivity index (χ3n) is 3.76. The fourth-order valence-electron chi connectivity index (χ4n) is 2.49. The van der Waals surface area contributed by atoms with Crippen LogP contribution in [-0.4, -0.2) is 34.1 Å². The van der Waals surface area contributed by atoms with Crippen molar-refractivity contribution in [3.05, 3.63) is 29.8 Å². The summed E-state index contributed by atoms with van der Waals surface area (Å²) in [5.74, 6) is 0.822. The molecule has 19 heavy (non-hydrogen) atoms. The van der Waals surface area contributed by atoms with E-state index in [9.17, 15) is 4.39 Å². The third kappa shape index (κ3) is 2.47. The Morgan fingerprint density at radius 2 is 2.26 bits per heavy atom. The maximum Gasteiger partial charge on any atom is 0.149 e. The van der Waals surface area contributed by atoms with Crippen LogP contribution in [0, 0.1) is 5.82 Å². The van der Waals surface area contributed by atoms with Crippen LogP contribution in [0.15, 0.2) is 18.2 Å². The van der Waals surface area contributed by atoms with Crippen LogP contribution in [-0.2, 0) is 12.4 Å². The molecule has 0 amide bonds. The van der Waals surface area contributed by atoms with Crippen molar-refractivity contribution < 1.29 is 4.39 Å². The number of rotatable bonds is 5. The predicted molar refractivity (Wildman–Crippen MR) is 74.9 cm³/mol. The van der Waals surface area contributed by atoms with Crippen molar-refractivity contribution >= 4 is 22.6 Å². The first-order valence-electron chi connectivity index (χ1n) is 6.60. The molecule has 0 radical (unpaired) electrons. The summed E-state index contributed by atoms with van der Waals surface area (Å²) < 4.78 is 15.9. The highest BCUT2D eigenvalue weighted by Crippen LogP contribution is 2.26. The minimum Gasteiger partial charge on any atom is -0.323 e. The Labute approximate surface area is 117 Å². The van der Waals surface area contributed by atoms with Gasteiger partial charge in [0, 0.05) is 19.1 Å². The minimum atomic E-state index is -0.226. The number of alkyl halides is 1. The Kier molecular flexibility index (Phi) is 3.46. The second-order valence-electron chi connectivity index (χ2n) is 5.13. The average molecular weight is 282 g/mol. The fraction of sp³-hybridized carbons (Fsp3) is 0.500. The normalized spacial score (nSPS) is 15.6. The zero-order chi connectivity index (χ0) is 13.4. The van der Waals surface area contributed by atoms with Crippen LogP contribution in [0.2, 0.25) is 0 Å². The Morgan fingerprint density at radius 3 is 2.95 bits per heavy atom. The molecule has 102 valence electrons. The monoisotopic (exact) mass is 281 g/mol. The molecule has 2 aromatic rings. The predicted octanol–water partition coefficient (Wildman–Crippen LogP) is 3.01. The molecule has 0 bridgehead atoms. The summed E-state index contributed by atoms with van der Waals surface area (Å²) in [5.41, 5.74) is 1.26. The van der Waals surface area contributed by atoms with E-state index in [0.29, 0.717) is 23.0 Å². The first kappa shape index (κ1) is 12.9. The molecule has 0 unspecified atom stereocenters. The summed E-state index contributed by atoms with van der Waals surface area (Å²) in [7, 11) is 2.12. The van der Waals surface area contributed by atoms with Crippen LogP contribution in [0.25, 0.3) is 11.0 Å². The van der Waals surface area contributed by atoms with Crippen LogP contribution >= 0.6 is 11.6 Å². The number of hydrogen-bond acceptors (Lipinski definition) is 2. The van der Waals surface area contributed by atoms with Gasteiger partial charge < -0.3 is 9.47 Å². The Bertz CT molecular complexity index is 592. The number of para-hydroxylation sites is 1. The number of nitrogens with zero attached hydrogens (tertiary/aromatic N) is 3. The maximum atomic E-state index is 14.0. The third-order valence-corrected chi connectivity index (χ3v) is 4.00. The van der Waals surface area contributed by atoms with E-state index in [-0.39, 0.29) is 5.82 Å². The van der Waals surface area contributed by atoms with E-state index in [0.717, 1.165) is 18.9 Å². The van der Waals surface area contributed by atoms with Gasteiger partial charge in [0.15, 0.2) is 0 Å². The number of imidazole rings is 1. The van der Waals surface area contributed by atoms with Gasteiger partial charge in [-0.2, -0.15) is 0 Å². The van der Waals surface area contributed by atoms with Gasteiger partial charge in [-0.3, -0.25) is 0 Å². The SMILES string of the molecule is CN(CCn1c(CCl)nc2cccc(F)c21)C1CC1. The van der Waals surface area contributed by atoms with E-state index in [4.69, 9.17) is 11.6 Å². The van der Waals surface area contributed by atoms with Crippen molar-refractivity contribution in [1.29, 1.82) is 0 Å². The lowest BCUT2D eigenvalue weighted by Crippen LogP contribution is -2.25. The molecular weight excluding hydrogens is 265 g/mol. The van der Waals surface area contributed by atoms with Crippen molar-refractivity contribution in [3.63, 3.8) is 0 Å². The van der Waals surface area contributed by atoms with E-state index in [1.54, 1.807) is 6.07 Å². The summed E-state index contributed by atoms with van der Waals surface area (Å²) in [6.07, 6.45) is 2.55. The van der Waals surface area contributed by atoms with Crippen LogP contribution < -0.4 is 0 Å². The molecule has 0 aliphatic heterocycles. The number of aromatic nitrogens is 2. The van der Waals surface area contributed by atoms with Crippen LogP contribution in [0.5, 0.6) is 0 Å². The Balaban J connectivity index is 1.91. The van der Waals surface area contributed by atoms with Crippen LogP contribution in [0.4, 0.5) is 4.39 Å². The lowest BCUT2D eigenvalue weighted by atomic mass is 10.3. The average Bonchev–Trinajstić information content (AvgIpc) is 3.18. The molecule has 0 saturated heterocycles. The quantitative estimate of drug-likeness (QED) is 0.786. The van der Waals surface area contributed by atoms with Crippen molar-refractivity contribution in [2.75, 3.05) is 13.6 Å². The molecule has 0 spiro atoms. The lowest BCUT2D eigenvalue weighted by molar-refractivity contribution is 0.309. The number of halogens is 2. The van der Waals surface area contributed by atoms with Gasteiger partial charge in [-0.1, -0.05) is 6.07 Å². The second-order valence-corrected chi connectivity index (χ2v) is 5.40. The van der Waals surface area contributed by atoms with Gasteiger partial charge in [-0.05, 0) is 32.0 Å². The van der Waals surface area contributed by atoms with Gasteiger partial charge in [0.1, 0.15) is 17.2 Å². The summed E-state index contributed by atoms with van der Waals surface area (Å²) in [6.45, 7) is 1.63. The molecule has 1 aliphatic rings. The maximum absolute atomic E-state index is 14.0.